The van der Waals surface area contributed by atoms with E-state index in [4.69, 9.17) is 0 Å². The molecule has 0 unspecified atom stereocenters. The van der Waals surface area contributed by atoms with Gasteiger partial charge in [-0.3, -0.25) is 14.4 Å². The lowest BCUT2D eigenvalue weighted by atomic mass is 9.68. The van der Waals surface area contributed by atoms with E-state index in [1.807, 2.05) is 46.8 Å². The first-order valence-electron chi connectivity index (χ1n) is 12.8. The van der Waals surface area contributed by atoms with E-state index in [2.05, 4.69) is 31.4 Å². The number of hydrogen-bond donors (Lipinski definition) is 3. The Morgan fingerprint density at radius 1 is 1.12 bits per heavy atom. The van der Waals surface area contributed by atoms with Crippen molar-refractivity contribution in [3.63, 3.8) is 0 Å². The minimum absolute atomic E-state index is 0.0131. The summed E-state index contributed by atoms with van der Waals surface area (Å²) >= 11 is 0. The number of amides is 3. The Kier molecular flexibility index (Phi) is 9.00. The van der Waals surface area contributed by atoms with Gasteiger partial charge in [0.1, 0.15) is 6.04 Å². The fourth-order valence-electron chi connectivity index (χ4n) is 6.35. The molecule has 0 aromatic heterocycles. The van der Waals surface area contributed by atoms with Gasteiger partial charge in [-0.15, -0.1) is 0 Å². The summed E-state index contributed by atoms with van der Waals surface area (Å²) in [5.74, 6) is -1.97. The minimum Gasteiger partial charge on any atom is -0.394 e. The van der Waals surface area contributed by atoms with Crippen LogP contribution in [0.3, 0.4) is 0 Å². The first-order valence-corrected chi connectivity index (χ1v) is 12.8. The molecule has 2 rings (SSSR count). The Labute approximate surface area is 206 Å². The van der Waals surface area contributed by atoms with Gasteiger partial charge in [0.15, 0.2) is 0 Å². The smallest absolute Gasteiger partial charge is 0.243 e. The topological polar surface area (TPSA) is 98.7 Å². The molecule has 194 valence electrons. The van der Waals surface area contributed by atoms with Crippen LogP contribution in [0, 0.1) is 35.0 Å². The maximum Gasteiger partial charge on any atom is 0.243 e. The van der Waals surface area contributed by atoms with Crippen LogP contribution in [-0.4, -0.2) is 59.0 Å². The van der Waals surface area contributed by atoms with E-state index in [-0.39, 0.29) is 41.6 Å². The van der Waals surface area contributed by atoms with Gasteiger partial charge in [-0.2, -0.15) is 0 Å². The average molecular weight is 478 g/mol. The summed E-state index contributed by atoms with van der Waals surface area (Å²) in [7, 11) is 1.59. The molecule has 1 heterocycles. The highest BCUT2D eigenvalue weighted by Gasteiger charge is 2.58. The third-order valence-electron chi connectivity index (χ3n) is 7.12. The number of fused-ring (bicyclic) bond motifs is 1. The zero-order valence-corrected chi connectivity index (χ0v) is 22.6. The van der Waals surface area contributed by atoms with Crippen LogP contribution in [0.25, 0.3) is 0 Å². The highest BCUT2D eigenvalue weighted by molar-refractivity contribution is 5.97. The van der Waals surface area contributed by atoms with E-state index in [0.717, 1.165) is 12.8 Å². The second-order valence-electron chi connectivity index (χ2n) is 12.5. The first kappa shape index (κ1) is 28.3. The maximum absolute atomic E-state index is 13.9. The minimum atomic E-state index is -0.756. The Morgan fingerprint density at radius 3 is 2.21 bits per heavy atom. The van der Waals surface area contributed by atoms with Crippen molar-refractivity contribution in [2.45, 2.75) is 92.3 Å². The molecule has 0 aromatic carbocycles. The molecule has 0 bridgehead atoms. The van der Waals surface area contributed by atoms with E-state index in [1.54, 1.807) is 11.9 Å². The zero-order valence-electron chi connectivity index (χ0n) is 22.6. The van der Waals surface area contributed by atoms with Gasteiger partial charge in [-0.05, 0) is 50.4 Å². The lowest BCUT2D eigenvalue weighted by Gasteiger charge is -2.38. The van der Waals surface area contributed by atoms with Gasteiger partial charge in [0.25, 0.3) is 0 Å². The van der Waals surface area contributed by atoms with Crippen LogP contribution in [-0.2, 0) is 14.4 Å². The van der Waals surface area contributed by atoms with Gasteiger partial charge >= 0.3 is 0 Å². The number of nitrogens with zero attached hydrogens (tertiary/aromatic N) is 1. The molecular formula is C27H47N3O4. The normalized spacial score (nSPS) is 28.1. The van der Waals surface area contributed by atoms with E-state index in [1.165, 1.54) is 0 Å². The van der Waals surface area contributed by atoms with Crippen molar-refractivity contribution in [1.29, 1.82) is 0 Å². The zero-order chi connectivity index (χ0) is 26.0. The van der Waals surface area contributed by atoms with Crippen LogP contribution < -0.4 is 10.6 Å². The monoisotopic (exact) mass is 477 g/mol. The molecule has 0 aromatic rings. The number of aliphatic hydroxyl groups excluding tert-OH is 1. The van der Waals surface area contributed by atoms with Crippen LogP contribution in [0.2, 0.25) is 0 Å². The van der Waals surface area contributed by atoms with Crippen LogP contribution >= 0.6 is 0 Å². The average Bonchev–Trinajstić information content (AvgIpc) is 3.00. The number of rotatable bonds is 9. The largest absolute Gasteiger partial charge is 0.394 e. The predicted octanol–water partition coefficient (Wildman–Crippen LogP) is 3.13. The molecule has 1 fully saturated rings. The van der Waals surface area contributed by atoms with Gasteiger partial charge in [0, 0.05) is 18.5 Å². The van der Waals surface area contributed by atoms with Crippen molar-refractivity contribution in [1.82, 2.24) is 15.5 Å². The fraction of sp³-hybridized carbons (Fsp3) is 0.815. The van der Waals surface area contributed by atoms with Gasteiger partial charge in [0.05, 0.1) is 24.5 Å². The van der Waals surface area contributed by atoms with Gasteiger partial charge in [-0.25, -0.2) is 0 Å². The first-order chi connectivity index (χ1) is 15.7. The molecule has 1 aliphatic heterocycles. The second-order valence-corrected chi connectivity index (χ2v) is 12.5. The molecule has 0 radical (unpaired) electrons. The number of likely N-dealkylation sites (tertiary alicyclic amines) is 1. The molecule has 2 aliphatic rings. The molecule has 7 nitrogen and oxygen atoms in total. The summed E-state index contributed by atoms with van der Waals surface area (Å²) < 4.78 is 0. The summed E-state index contributed by atoms with van der Waals surface area (Å²) in [6.45, 7) is 16.3. The molecular weight excluding hydrogens is 430 g/mol. The Morgan fingerprint density at radius 2 is 1.74 bits per heavy atom. The van der Waals surface area contributed by atoms with Crippen molar-refractivity contribution in [2.75, 3.05) is 13.7 Å². The molecule has 0 spiro atoms. The quantitative estimate of drug-likeness (QED) is 0.444. The van der Waals surface area contributed by atoms with Crippen LogP contribution in [0.4, 0.5) is 0 Å². The Hall–Kier alpha value is -1.89. The number of carbonyl (C=O) groups is 3. The summed E-state index contributed by atoms with van der Waals surface area (Å²) in [4.78, 5) is 42.3. The second kappa shape index (κ2) is 10.8. The highest BCUT2D eigenvalue weighted by atomic mass is 16.3. The van der Waals surface area contributed by atoms with Gasteiger partial charge < -0.3 is 20.6 Å². The van der Waals surface area contributed by atoms with Crippen LogP contribution in [0.15, 0.2) is 12.2 Å². The fourth-order valence-corrected chi connectivity index (χ4v) is 6.35. The number of aliphatic hydroxyl groups is 1. The number of allylic oxidation sites excluding steroid dienone is 1. The van der Waals surface area contributed by atoms with Gasteiger partial charge in [-0.1, -0.05) is 53.7 Å². The third kappa shape index (κ3) is 6.21. The number of hydrogen-bond acceptors (Lipinski definition) is 4. The molecule has 3 N–H and O–H groups in total. The molecule has 34 heavy (non-hydrogen) atoms. The van der Waals surface area contributed by atoms with E-state index < -0.39 is 35.4 Å². The van der Waals surface area contributed by atoms with E-state index in [9.17, 15) is 19.5 Å². The van der Waals surface area contributed by atoms with E-state index in [0.29, 0.717) is 6.42 Å². The van der Waals surface area contributed by atoms with Crippen LogP contribution in [0.5, 0.6) is 0 Å². The number of nitrogens with one attached hydrogen (secondary N) is 2. The van der Waals surface area contributed by atoms with Crippen molar-refractivity contribution in [3.05, 3.63) is 12.2 Å². The van der Waals surface area contributed by atoms with Crippen molar-refractivity contribution in [3.8, 4) is 0 Å². The lowest BCUT2D eigenvalue weighted by Crippen LogP contribution is -2.57. The molecule has 6 atom stereocenters. The number of carbonyl (C=O) groups excluding carboxylic acids is 3. The SMILES string of the molecule is CC[C@@H]1C=C[C@H]2[C@@H](C(=O)N([C@@H](CO)CC(C)C)[C@@H]2C(=O)NC(C)(C)CC(C)(C)C)[C@@H]1C(=O)NC. The molecule has 0 saturated carbocycles. The summed E-state index contributed by atoms with van der Waals surface area (Å²) in [6.07, 6.45) is 6.07. The van der Waals surface area contributed by atoms with Crippen LogP contribution in [0.1, 0.15) is 74.7 Å². The van der Waals surface area contributed by atoms with Crippen molar-refractivity contribution in [2.24, 2.45) is 35.0 Å². The van der Waals surface area contributed by atoms with E-state index >= 15 is 0 Å². The Bertz CT molecular complexity index is 783. The standard InChI is InChI=1S/C27H47N3O4/c1-10-17-11-12-19-21(20(17)23(32)28-9)25(34)30(18(14-31)13-16(2)3)22(19)24(33)29-27(7,8)15-26(4,5)6/h11-12,16-22,31H,10,13-15H2,1-9H3,(H,28,32)(H,29,33)/t17-,18-,19+,20-,21-,22+/m1/s1. The lowest BCUT2D eigenvalue weighted by molar-refractivity contribution is -0.144. The molecule has 1 aliphatic carbocycles. The van der Waals surface area contributed by atoms with Crippen molar-refractivity contribution < 1.29 is 19.5 Å². The molecule has 3 amide bonds. The predicted molar refractivity (Wildman–Crippen MR) is 135 cm³/mol. The summed E-state index contributed by atoms with van der Waals surface area (Å²) in [5.41, 5.74) is -0.460. The molecule has 1 saturated heterocycles. The van der Waals surface area contributed by atoms with Gasteiger partial charge in [0.2, 0.25) is 17.7 Å². The summed E-state index contributed by atoms with van der Waals surface area (Å²) in [5, 5.41) is 16.2. The van der Waals surface area contributed by atoms with Crippen molar-refractivity contribution >= 4 is 17.7 Å². The summed E-state index contributed by atoms with van der Waals surface area (Å²) in [6, 6.07) is -1.23. The third-order valence-corrected chi connectivity index (χ3v) is 7.12. The maximum atomic E-state index is 13.9. The molecule has 7 heteroatoms. The highest BCUT2D eigenvalue weighted by Crippen LogP contribution is 2.46. The Balaban J connectivity index is 2.53.